The van der Waals surface area contributed by atoms with Crippen LogP contribution in [0.2, 0.25) is 0 Å². The normalized spacial score (nSPS) is 10.0. The van der Waals surface area contributed by atoms with E-state index in [0.717, 1.165) is 25.9 Å². The molecule has 3 nitrogen and oxygen atoms in total. The summed E-state index contributed by atoms with van der Waals surface area (Å²) in [6, 6.07) is 0. The Balaban J connectivity index is 2.60. The van der Waals surface area contributed by atoms with Crippen molar-refractivity contribution in [1.29, 1.82) is 0 Å². The van der Waals surface area contributed by atoms with Crippen molar-refractivity contribution >= 4 is 0 Å². The van der Waals surface area contributed by atoms with Gasteiger partial charge in [-0.3, -0.25) is 0 Å². The van der Waals surface area contributed by atoms with Crippen molar-refractivity contribution in [2.45, 2.75) is 26.7 Å². The fraction of sp³-hybridized carbons (Fsp3) is 1.00. The van der Waals surface area contributed by atoms with Gasteiger partial charge in [0.05, 0.1) is 0 Å². The molecule has 0 amide bonds. The summed E-state index contributed by atoms with van der Waals surface area (Å²) in [5.41, 5.74) is 8.90. The van der Waals surface area contributed by atoms with E-state index in [4.69, 9.17) is 0 Å². The molecule has 0 aliphatic rings. The maximum atomic E-state index is 3.01. The molecule has 0 unspecified atom stereocenters. The van der Waals surface area contributed by atoms with Crippen LogP contribution >= 0.6 is 0 Å². The van der Waals surface area contributed by atoms with E-state index in [0.29, 0.717) is 0 Å². The number of hydrazine groups is 2. The van der Waals surface area contributed by atoms with Crippen molar-refractivity contribution in [3.63, 3.8) is 0 Å². The Hall–Kier alpha value is -0.120. The zero-order valence-electron chi connectivity index (χ0n) is 6.33. The molecule has 0 atom stereocenters. The van der Waals surface area contributed by atoms with Gasteiger partial charge < -0.3 is 0 Å². The summed E-state index contributed by atoms with van der Waals surface area (Å²) < 4.78 is 0. The highest BCUT2D eigenvalue weighted by Crippen LogP contribution is 1.65. The zero-order chi connectivity index (χ0) is 6.95. The zero-order valence-corrected chi connectivity index (χ0v) is 6.33. The Morgan fingerprint density at radius 3 is 1.67 bits per heavy atom. The van der Waals surface area contributed by atoms with Crippen molar-refractivity contribution in [2.24, 2.45) is 0 Å². The number of hydrogen-bond acceptors (Lipinski definition) is 3. The highest BCUT2D eigenvalue weighted by Gasteiger charge is 1.79. The minimum absolute atomic E-state index is 1.01. The minimum atomic E-state index is 1.01. The first-order valence-corrected chi connectivity index (χ1v) is 3.62. The van der Waals surface area contributed by atoms with Gasteiger partial charge >= 0.3 is 0 Å². The van der Waals surface area contributed by atoms with Crippen molar-refractivity contribution in [3.05, 3.63) is 0 Å². The average molecular weight is 131 g/mol. The topological polar surface area (TPSA) is 36.1 Å². The molecule has 9 heavy (non-hydrogen) atoms. The van der Waals surface area contributed by atoms with E-state index in [1.54, 1.807) is 0 Å². The van der Waals surface area contributed by atoms with Gasteiger partial charge in [-0.25, -0.2) is 10.9 Å². The average Bonchev–Trinajstić information content (AvgIpc) is 1.89. The third-order valence-electron chi connectivity index (χ3n) is 0.927. The summed E-state index contributed by atoms with van der Waals surface area (Å²) in [5.74, 6) is 0. The SMILES string of the molecule is CCCNNNCCC. The van der Waals surface area contributed by atoms with E-state index in [9.17, 15) is 0 Å². The Labute approximate surface area is 57.2 Å². The second-order valence-corrected chi connectivity index (χ2v) is 1.98. The molecule has 0 heterocycles. The number of hydrogen-bond donors (Lipinski definition) is 3. The monoisotopic (exact) mass is 131 g/mol. The van der Waals surface area contributed by atoms with Gasteiger partial charge in [-0.15, -0.1) is 0 Å². The third kappa shape index (κ3) is 7.88. The van der Waals surface area contributed by atoms with E-state index >= 15 is 0 Å². The molecular formula is C6H17N3. The lowest BCUT2D eigenvalue weighted by atomic mass is 10.5. The van der Waals surface area contributed by atoms with Gasteiger partial charge in [-0.2, -0.15) is 5.53 Å². The molecule has 0 aliphatic carbocycles. The van der Waals surface area contributed by atoms with Gasteiger partial charge in [-0.1, -0.05) is 13.8 Å². The second kappa shape index (κ2) is 7.88. The first-order valence-electron chi connectivity index (χ1n) is 3.62. The Kier molecular flexibility index (Phi) is 7.77. The summed E-state index contributed by atoms with van der Waals surface area (Å²) in [6.07, 6.45) is 2.31. The van der Waals surface area contributed by atoms with Gasteiger partial charge in [0.15, 0.2) is 0 Å². The Bertz CT molecular complexity index is 41.6. The summed E-state index contributed by atoms with van der Waals surface area (Å²) in [5, 5.41) is 0. The van der Waals surface area contributed by atoms with Crippen molar-refractivity contribution in [3.8, 4) is 0 Å². The quantitative estimate of drug-likeness (QED) is 0.361. The standard InChI is InChI=1S/C6H17N3/c1-3-5-7-9-8-6-4-2/h7-9H,3-6H2,1-2H3. The van der Waals surface area contributed by atoms with Gasteiger partial charge in [0.2, 0.25) is 0 Å². The summed E-state index contributed by atoms with van der Waals surface area (Å²) in [7, 11) is 0. The molecule has 0 radical (unpaired) electrons. The van der Waals surface area contributed by atoms with Crippen molar-refractivity contribution in [2.75, 3.05) is 13.1 Å². The first kappa shape index (κ1) is 8.88. The molecule has 0 saturated heterocycles. The fourth-order valence-corrected chi connectivity index (χ4v) is 0.437. The number of rotatable bonds is 6. The molecule has 0 fully saturated rings. The lowest BCUT2D eigenvalue weighted by molar-refractivity contribution is 0.433. The molecule has 0 spiro atoms. The summed E-state index contributed by atoms with van der Waals surface area (Å²) >= 11 is 0. The minimum Gasteiger partial charge on any atom is -0.244 e. The van der Waals surface area contributed by atoms with E-state index in [1.807, 2.05) is 0 Å². The largest absolute Gasteiger partial charge is 0.244 e. The molecule has 0 aromatic rings. The van der Waals surface area contributed by atoms with Crippen molar-refractivity contribution < 1.29 is 0 Å². The van der Waals surface area contributed by atoms with Gasteiger partial charge in [0.25, 0.3) is 0 Å². The maximum Gasteiger partial charge on any atom is 0.0110 e. The second-order valence-electron chi connectivity index (χ2n) is 1.98. The van der Waals surface area contributed by atoms with E-state index < -0.39 is 0 Å². The lowest BCUT2D eigenvalue weighted by Crippen LogP contribution is -2.43. The summed E-state index contributed by atoms with van der Waals surface area (Å²) in [4.78, 5) is 0. The fourth-order valence-electron chi connectivity index (χ4n) is 0.437. The molecule has 0 saturated carbocycles. The molecule has 0 bridgehead atoms. The predicted octanol–water partition coefficient (Wildman–Crippen LogP) is 0.405. The van der Waals surface area contributed by atoms with Crippen molar-refractivity contribution in [1.82, 2.24) is 16.4 Å². The van der Waals surface area contributed by atoms with E-state index in [1.165, 1.54) is 0 Å². The first-order chi connectivity index (χ1) is 4.41. The highest BCUT2D eigenvalue weighted by molar-refractivity contribution is 4.34. The van der Waals surface area contributed by atoms with E-state index in [2.05, 4.69) is 30.2 Å². The van der Waals surface area contributed by atoms with Crippen LogP contribution in [0.3, 0.4) is 0 Å². The van der Waals surface area contributed by atoms with Crippen LogP contribution in [0.1, 0.15) is 26.7 Å². The molecule has 0 aromatic heterocycles. The molecule has 56 valence electrons. The van der Waals surface area contributed by atoms with Crippen LogP contribution in [0.15, 0.2) is 0 Å². The molecule has 0 aromatic carbocycles. The third-order valence-corrected chi connectivity index (χ3v) is 0.927. The predicted molar refractivity (Wildman–Crippen MR) is 39.7 cm³/mol. The highest BCUT2D eigenvalue weighted by atomic mass is 15.6. The molecule has 0 rings (SSSR count). The van der Waals surface area contributed by atoms with Crippen LogP contribution in [0.5, 0.6) is 0 Å². The van der Waals surface area contributed by atoms with Crippen LogP contribution in [0.25, 0.3) is 0 Å². The van der Waals surface area contributed by atoms with Crippen LogP contribution in [0, 0.1) is 0 Å². The smallest absolute Gasteiger partial charge is 0.0110 e. The van der Waals surface area contributed by atoms with Crippen LogP contribution in [0.4, 0.5) is 0 Å². The Morgan fingerprint density at radius 1 is 0.889 bits per heavy atom. The molecule has 0 aliphatic heterocycles. The summed E-state index contributed by atoms with van der Waals surface area (Å²) in [6.45, 7) is 6.29. The maximum absolute atomic E-state index is 3.01. The van der Waals surface area contributed by atoms with Gasteiger partial charge in [0, 0.05) is 13.1 Å². The van der Waals surface area contributed by atoms with Gasteiger partial charge in [-0.05, 0) is 12.8 Å². The van der Waals surface area contributed by atoms with Crippen LogP contribution < -0.4 is 16.4 Å². The molecule has 3 heteroatoms. The van der Waals surface area contributed by atoms with Crippen LogP contribution in [-0.2, 0) is 0 Å². The molecular weight excluding hydrogens is 114 g/mol. The lowest BCUT2D eigenvalue weighted by Gasteiger charge is -2.04. The Morgan fingerprint density at radius 2 is 1.33 bits per heavy atom. The van der Waals surface area contributed by atoms with E-state index in [-0.39, 0.29) is 0 Å². The molecule has 3 N–H and O–H groups in total. The number of nitrogens with one attached hydrogen (secondary N) is 3. The van der Waals surface area contributed by atoms with Gasteiger partial charge in [0.1, 0.15) is 0 Å². The van der Waals surface area contributed by atoms with Crippen LogP contribution in [-0.4, -0.2) is 13.1 Å².